The predicted octanol–water partition coefficient (Wildman–Crippen LogP) is 6.70. The van der Waals surface area contributed by atoms with E-state index in [4.69, 9.17) is 0 Å². The van der Waals surface area contributed by atoms with Gasteiger partial charge in [-0.15, -0.1) is 0 Å². The Morgan fingerprint density at radius 2 is 1.43 bits per heavy atom. The number of hydrogen-bond acceptors (Lipinski definition) is 1. The number of benzene rings is 1. The van der Waals surface area contributed by atoms with Gasteiger partial charge in [0.1, 0.15) is 0 Å². The number of rotatable bonds is 12. The first kappa shape index (κ1) is 20.2. The van der Waals surface area contributed by atoms with E-state index in [2.05, 4.69) is 69.9 Å². The summed E-state index contributed by atoms with van der Waals surface area (Å²) in [4.78, 5) is 2.74. The van der Waals surface area contributed by atoms with E-state index in [1.54, 1.807) is 0 Å². The number of nitrogens with zero attached hydrogens (tertiary/aromatic N) is 1. The van der Waals surface area contributed by atoms with Crippen molar-refractivity contribution in [3.8, 4) is 0 Å². The molecule has 0 amide bonds. The largest absolute Gasteiger partial charge is 0.296 e. The molecule has 0 spiro atoms. The highest BCUT2D eigenvalue weighted by Gasteiger charge is 2.23. The van der Waals surface area contributed by atoms with Crippen molar-refractivity contribution in [3.63, 3.8) is 0 Å². The van der Waals surface area contributed by atoms with Crippen molar-refractivity contribution < 1.29 is 0 Å². The first-order chi connectivity index (χ1) is 11.1. The van der Waals surface area contributed by atoms with Crippen molar-refractivity contribution in [3.05, 3.63) is 35.9 Å². The van der Waals surface area contributed by atoms with Gasteiger partial charge in [-0.2, -0.15) is 0 Å². The lowest BCUT2D eigenvalue weighted by molar-refractivity contribution is 0.135. The molecular weight excluding hydrogens is 278 g/mol. The van der Waals surface area contributed by atoms with Gasteiger partial charge in [0.2, 0.25) is 0 Å². The molecule has 0 heterocycles. The van der Waals surface area contributed by atoms with Crippen molar-refractivity contribution in [2.75, 3.05) is 13.1 Å². The van der Waals surface area contributed by atoms with Crippen LogP contribution in [0.25, 0.3) is 0 Å². The van der Waals surface area contributed by atoms with Gasteiger partial charge in [0.15, 0.2) is 0 Å². The van der Waals surface area contributed by atoms with E-state index in [1.807, 2.05) is 0 Å². The lowest BCUT2D eigenvalue weighted by Crippen LogP contribution is -2.35. The zero-order chi connectivity index (χ0) is 17.1. The van der Waals surface area contributed by atoms with E-state index in [0.717, 1.165) is 5.92 Å². The third-order valence-corrected chi connectivity index (χ3v) is 4.56. The Labute approximate surface area is 145 Å². The monoisotopic (exact) mass is 317 g/mol. The molecule has 1 unspecified atom stereocenters. The summed E-state index contributed by atoms with van der Waals surface area (Å²) in [5, 5.41) is 0. The van der Waals surface area contributed by atoms with Gasteiger partial charge in [0.05, 0.1) is 0 Å². The van der Waals surface area contributed by atoms with Crippen LogP contribution >= 0.6 is 0 Å². The standard InChI is InChI=1S/C22H39N/c1-6-7-8-9-10-14-17-23(18-19(2)3)22(20(4)5)21-15-12-11-13-16-21/h11-13,15-16,19-20,22H,6-10,14,17-18H2,1-5H3. The van der Waals surface area contributed by atoms with Crippen LogP contribution in [-0.4, -0.2) is 18.0 Å². The molecule has 0 bridgehead atoms. The molecule has 0 aromatic heterocycles. The van der Waals surface area contributed by atoms with Gasteiger partial charge < -0.3 is 0 Å². The molecule has 1 atom stereocenters. The first-order valence-corrected chi connectivity index (χ1v) is 9.85. The van der Waals surface area contributed by atoms with Crippen LogP contribution in [0.15, 0.2) is 30.3 Å². The van der Waals surface area contributed by atoms with Crippen LogP contribution in [-0.2, 0) is 0 Å². The van der Waals surface area contributed by atoms with Crippen LogP contribution in [0.2, 0.25) is 0 Å². The van der Waals surface area contributed by atoms with Gasteiger partial charge in [0.25, 0.3) is 0 Å². The number of hydrogen-bond donors (Lipinski definition) is 0. The second-order valence-electron chi connectivity index (χ2n) is 7.76. The summed E-state index contributed by atoms with van der Waals surface area (Å²) in [5.74, 6) is 1.37. The Morgan fingerprint density at radius 1 is 0.826 bits per heavy atom. The third kappa shape index (κ3) is 8.01. The first-order valence-electron chi connectivity index (χ1n) is 9.85. The van der Waals surface area contributed by atoms with Crippen molar-refractivity contribution >= 4 is 0 Å². The molecule has 1 aromatic carbocycles. The molecule has 0 aliphatic carbocycles. The van der Waals surface area contributed by atoms with E-state index in [1.165, 1.54) is 57.2 Å². The third-order valence-electron chi connectivity index (χ3n) is 4.56. The second kappa shape index (κ2) is 11.7. The molecule has 1 nitrogen and oxygen atoms in total. The van der Waals surface area contributed by atoms with Gasteiger partial charge in [-0.1, -0.05) is 97.1 Å². The lowest BCUT2D eigenvalue weighted by Gasteiger charge is -2.36. The molecule has 1 aromatic rings. The molecule has 23 heavy (non-hydrogen) atoms. The smallest absolute Gasteiger partial charge is 0.0371 e. The van der Waals surface area contributed by atoms with Crippen molar-refractivity contribution in [1.29, 1.82) is 0 Å². The molecule has 0 fully saturated rings. The summed E-state index contributed by atoms with van der Waals surface area (Å²) in [6.45, 7) is 14.2. The normalized spacial score (nSPS) is 13.2. The fourth-order valence-corrected chi connectivity index (χ4v) is 3.58. The Morgan fingerprint density at radius 3 is 2.00 bits per heavy atom. The minimum Gasteiger partial charge on any atom is -0.296 e. The summed E-state index contributed by atoms with van der Waals surface area (Å²) in [5.41, 5.74) is 1.48. The number of unbranched alkanes of at least 4 members (excludes halogenated alkanes) is 5. The zero-order valence-corrected chi connectivity index (χ0v) is 16.2. The van der Waals surface area contributed by atoms with E-state index in [-0.39, 0.29) is 0 Å². The molecule has 0 aliphatic heterocycles. The molecular formula is C22H39N. The van der Waals surface area contributed by atoms with Crippen LogP contribution in [0.4, 0.5) is 0 Å². The van der Waals surface area contributed by atoms with Gasteiger partial charge >= 0.3 is 0 Å². The molecule has 0 saturated heterocycles. The van der Waals surface area contributed by atoms with Gasteiger partial charge in [-0.25, -0.2) is 0 Å². The van der Waals surface area contributed by atoms with Crippen molar-refractivity contribution in [2.45, 2.75) is 79.2 Å². The summed E-state index contributed by atoms with van der Waals surface area (Å²) < 4.78 is 0. The van der Waals surface area contributed by atoms with Crippen molar-refractivity contribution in [2.24, 2.45) is 11.8 Å². The van der Waals surface area contributed by atoms with E-state index in [0.29, 0.717) is 12.0 Å². The predicted molar refractivity (Wildman–Crippen MR) is 104 cm³/mol. The maximum absolute atomic E-state index is 2.74. The summed E-state index contributed by atoms with van der Waals surface area (Å²) in [6.07, 6.45) is 8.27. The molecule has 1 rings (SSSR count). The Balaban J connectivity index is 2.65. The molecule has 0 N–H and O–H groups in total. The average Bonchev–Trinajstić information content (AvgIpc) is 2.51. The average molecular weight is 318 g/mol. The maximum Gasteiger partial charge on any atom is 0.0371 e. The van der Waals surface area contributed by atoms with Crippen LogP contribution < -0.4 is 0 Å². The fraction of sp³-hybridized carbons (Fsp3) is 0.727. The Bertz CT molecular complexity index is 382. The summed E-state index contributed by atoms with van der Waals surface area (Å²) >= 11 is 0. The summed E-state index contributed by atoms with van der Waals surface area (Å²) in [6, 6.07) is 11.7. The molecule has 0 saturated carbocycles. The Kier molecular flexibility index (Phi) is 10.3. The van der Waals surface area contributed by atoms with Crippen LogP contribution in [0.5, 0.6) is 0 Å². The highest BCUT2D eigenvalue weighted by Crippen LogP contribution is 2.29. The van der Waals surface area contributed by atoms with E-state index in [9.17, 15) is 0 Å². The van der Waals surface area contributed by atoms with Crippen molar-refractivity contribution in [1.82, 2.24) is 4.90 Å². The van der Waals surface area contributed by atoms with Crippen LogP contribution in [0.3, 0.4) is 0 Å². The highest BCUT2D eigenvalue weighted by atomic mass is 15.2. The molecule has 0 radical (unpaired) electrons. The minimum atomic E-state index is 0.550. The summed E-state index contributed by atoms with van der Waals surface area (Å²) in [7, 11) is 0. The van der Waals surface area contributed by atoms with E-state index < -0.39 is 0 Å². The molecule has 132 valence electrons. The van der Waals surface area contributed by atoms with Crippen LogP contribution in [0, 0.1) is 11.8 Å². The van der Waals surface area contributed by atoms with Gasteiger partial charge in [0, 0.05) is 12.6 Å². The zero-order valence-electron chi connectivity index (χ0n) is 16.2. The minimum absolute atomic E-state index is 0.550. The maximum atomic E-state index is 2.74. The van der Waals surface area contributed by atoms with Gasteiger partial charge in [-0.05, 0) is 30.4 Å². The quantitative estimate of drug-likeness (QED) is 0.388. The SMILES string of the molecule is CCCCCCCCN(CC(C)C)C(c1ccccc1)C(C)C. The Hall–Kier alpha value is -0.820. The topological polar surface area (TPSA) is 3.24 Å². The fourth-order valence-electron chi connectivity index (χ4n) is 3.58. The van der Waals surface area contributed by atoms with Gasteiger partial charge in [-0.3, -0.25) is 4.90 Å². The molecule has 0 aliphatic rings. The highest BCUT2D eigenvalue weighted by molar-refractivity contribution is 5.19. The van der Waals surface area contributed by atoms with Crippen LogP contribution in [0.1, 0.15) is 84.7 Å². The second-order valence-corrected chi connectivity index (χ2v) is 7.76. The lowest BCUT2D eigenvalue weighted by atomic mass is 9.93. The molecule has 1 heteroatoms. The van der Waals surface area contributed by atoms with E-state index >= 15 is 0 Å².